The monoisotopic (exact) mass is 368 g/mol. The fourth-order valence-electron chi connectivity index (χ4n) is 3.41. The summed E-state index contributed by atoms with van der Waals surface area (Å²) in [5.41, 5.74) is 8.71. The van der Waals surface area contributed by atoms with Gasteiger partial charge >= 0.3 is 0 Å². The summed E-state index contributed by atoms with van der Waals surface area (Å²) in [6.07, 6.45) is 0.469. The molecule has 2 aromatic carbocycles. The number of aliphatic hydroxyl groups excluding tert-OH is 1. The lowest BCUT2D eigenvalue weighted by Gasteiger charge is -2.14. The number of benzene rings is 2. The van der Waals surface area contributed by atoms with E-state index in [1.807, 2.05) is 17.5 Å². The van der Waals surface area contributed by atoms with Crippen molar-refractivity contribution in [1.82, 2.24) is 4.98 Å². The lowest BCUT2D eigenvalue weighted by Crippen LogP contribution is -2.06. The zero-order valence-electron chi connectivity index (χ0n) is 13.9. The Balaban J connectivity index is 2.09. The van der Waals surface area contributed by atoms with Crippen LogP contribution in [0.3, 0.4) is 0 Å². The number of pyridine rings is 1. The van der Waals surface area contributed by atoms with Crippen LogP contribution >= 0.6 is 11.3 Å². The van der Waals surface area contributed by atoms with Gasteiger partial charge in [0.2, 0.25) is 0 Å². The molecule has 0 radical (unpaired) electrons. The molecule has 2 aromatic heterocycles. The number of aliphatic hydroxyl groups is 1. The van der Waals surface area contributed by atoms with Gasteiger partial charge in [-0.3, -0.25) is 4.79 Å². The molecule has 132 valence electrons. The molecule has 0 spiro atoms. The summed E-state index contributed by atoms with van der Waals surface area (Å²) >= 11 is 1.36. The zero-order valence-corrected chi connectivity index (χ0v) is 14.7. The Morgan fingerprint density at radius 3 is 2.69 bits per heavy atom. The van der Waals surface area contributed by atoms with Crippen molar-refractivity contribution in [3.8, 4) is 11.1 Å². The third-order valence-corrected chi connectivity index (χ3v) is 5.52. The molecule has 4 rings (SSSR count). The second-order valence-electron chi connectivity index (χ2n) is 6.14. The van der Waals surface area contributed by atoms with Gasteiger partial charge in [0.15, 0.2) is 0 Å². The van der Waals surface area contributed by atoms with E-state index in [-0.39, 0.29) is 18.0 Å². The standard InChI is InChI=1S/C20H17FN2O2S/c21-15-9-12(2-1-11(15)5-7-22)17-13(10-24)3-4-16-18(17)14-6-8-26-19(14)20(25)23-16/h1-4,6,8-9,24H,5,7,10,22H2,(H,23,25). The lowest BCUT2D eigenvalue weighted by molar-refractivity contribution is 0.282. The van der Waals surface area contributed by atoms with E-state index in [0.29, 0.717) is 39.9 Å². The third kappa shape index (κ3) is 2.63. The third-order valence-electron chi connectivity index (χ3n) is 4.61. The number of rotatable bonds is 4. The summed E-state index contributed by atoms with van der Waals surface area (Å²) in [6, 6.07) is 10.5. The molecule has 6 heteroatoms. The van der Waals surface area contributed by atoms with Gasteiger partial charge < -0.3 is 15.8 Å². The number of hydrogen-bond acceptors (Lipinski definition) is 4. The number of nitrogens with one attached hydrogen (secondary N) is 1. The number of fused-ring (bicyclic) bond motifs is 3. The van der Waals surface area contributed by atoms with Crippen LogP contribution in [0.25, 0.3) is 32.1 Å². The molecule has 0 atom stereocenters. The van der Waals surface area contributed by atoms with Gasteiger partial charge in [-0.25, -0.2) is 4.39 Å². The highest BCUT2D eigenvalue weighted by Crippen LogP contribution is 2.37. The van der Waals surface area contributed by atoms with E-state index in [0.717, 1.165) is 16.3 Å². The summed E-state index contributed by atoms with van der Waals surface area (Å²) in [4.78, 5) is 15.1. The van der Waals surface area contributed by atoms with Gasteiger partial charge in [-0.1, -0.05) is 18.2 Å². The Kier molecular flexibility index (Phi) is 4.32. The maximum atomic E-state index is 14.5. The van der Waals surface area contributed by atoms with Gasteiger partial charge in [0.1, 0.15) is 10.5 Å². The second-order valence-corrected chi connectivity index (χ2v) is 7.06. The molecule has 4 aromatic rings. The van der Waals surface area contributed by atoms with E-state index in [4.69, 9.17) is 5.73 Å². The highest BCUT2D eigenvalue weighted by atomic mass is 32.1. The van der Waals surface area contributed by atoms with Gasteiger partial charge in [-0.15, -0.1) is 11.3 Å². The molecule has 0 amide bonds. The van der Waals surface area contributed by atoms with Gasteiger partial charge in [-0.2, -0.15) is 0 Å². The molecule has 0 saturated heterocycles. The van der Waals surface area contributed by atoms with Crippen LogP contribution in [-0.2, 0) is 13.0 Å². The predicted molar refractivity (Wildman–Crippen MR) is 104 cm³/mol. The smallest absolute Gasteiger partial charge is 0.266 e. The fraction of sp³-hybridized carbons (Fsp3) is 0.150. The molecule has 0 saturated carbocycles. The zero-order chi connectivity index (χ0) is 18.3. The van der Waals surface area contributed by atoms with Crippen molar-refractivity contribution < 1.29 is 9.50 Å². The van der Waals surface area contributed by atoms with E-state index in [2.05, 4.69) is 4.98 Å². The lowest BCUT2D eigenvalue weighted by atomic mass is 9.92. The minimum Gasteiger partial charge on any atom is -0.392 e. The van der Waals surface area contributed by atoms with Crippen LogP contribution in [-0.4, -0.2) is 16.6 Å². The Labute approximate surface area is 152 Å². The molecular weight excluding hydrogens is 351 g/mol. The predicted octanol–water partition coefficient (Wildman–Crippen LogP) is 3.54. The topological polar surface area (TPSA) is 79.1 Å². The number of halogens is 1. The first-order valence-corrected chi connectivity index (χ1v) is 9.16. The van der Waals surface area contributed by atoms with Gasteiger partial charge in [0.25, 0.3) is 5.56 Å². The molecule has 0 aliphatic heterocycles. The first-order chi connectivity index (χ1) is 12.6. The number of thiophene rings is 1. The van der Waals surface area contributed by atoms with Crippen LogP contribution in [0.4, 0.5) is 4.39 Å². The molecule has 26 heavy (non-hydrogen) atoms. The van der Waals surface area contributed by atoms with Crippen molar-refractivity contribution >= 4 is 32.3 Å². The number of hydrogen-bond donors (Lipinski definition) is 3. The van der Waals surface area contributed by atoms with Crippen molar-refractivity contribution in [2.24, 2.45) is 5.73 Å². The van der Waals surface area contributed by atoms with E-state index in [1.54, 1.807) is 18.2 Å². The molecule has 0 aliphatic rings. The number of nitrogens with two attached hydrogens (primary N) is 1. The van der Waals surface area contributed by atoms with Crippen LogP contribution in [0.2, 0.25) is 0 Å². The fourth-order valence-corrected chi connectivity index (χ4v) is 4.21. The van der Waals surface area contributed by atoms with Crippen molar-refractivity contribution in [2.45, 2.75) is 13.0 Å². The summed E-state index contributed by atoms with van der Waals surface area (Å²) in [5, 5.41) is 13.3. The molecule has 4 N–H and O–H groups in total. The summed E-state index contributed by atoms with van der Waals surface area (Å²) < 4.78 is 15.1. The van der Waals surface area contributed by atoms with Crippen LogP contribution in [0.1, 0.15) is 11.1 Å². The number of H-pyrrole nitrogens is 1. The SMILES string of the molecule is NCCc1ccc(-c2c(CO)ccc3[nH]c(=O)c4sccc4c23)cc1F. The van der Waals surface area contributed by atoms with Crippen molar-refractivity contribution in [2.75, 3.05) is 6.54 Å². The number of aromatic nitrogens is 1. The largest absolute Gasteiger partial charge is 0.392 e. The molecule has 0 bridgehead atoms. The summed E-state index contributed by atoms with van der Waals surface area (Å²) in [7, 11) is 0. The first kappa shape index (κ1) is 16.9. The normalized spacial score (nSPS) is 11.5. The summed E-state index contributed by atoms with van der Waals surface area (Å²) in [6.45, 7) is 0.200. The highest BCUT2D eigenvalue weighted by Gasteiger charge is 2.16. The van der Waals surface area contributed by atoms with Crippen molar-refractivity contribution in [3.05, 3.63) is 69.1 Å². The maximum absolute atomic E-state index is 14.5. The van der Waals surface area contributed by atoms with E-state index >= 15 is 0 Å². The van der Waals surface area contributed by atoms with Crippen molar-refractivity contribution in [1.29, 1.82) is 0 Å². The van der Waals surface area contributed by atoms with E-state index in [9.17, 15) is 14.3 Å². The molecule has 0 aliphatic carbocycles. The molecule has 0 unspecified atom stereocenters. The van der Waals surface area contributed by atoms with Crippen LogP contribution in [0, 0.1) is 5.82 Å². The minimum atomic E-state index is -0.320. The first-order valence-electron chi connectivity index (χ1n) is 8.29. The van der Waals surface area contributed by atoms with Crippen LogP contribution < -0.4 is 11.3 Å². The summed E-state index contributed by atoms with van der Waals surface area (Å²) in [5.74, 6) is -0.320. The van der Waals surface area contributed by atoms with E-state index < -0.39 is 0 Å². The average Bonchev–Trinajstić information content (AvgIpc) is 3.13. The minimum absolute atomic E-state index is 0.144. The Morgan fingerprint density at radius 1 is 1.15 bits per heavy atom. The van der Waals surface area contributed by atoms with Crippen LogP contribution in [0.15, 0.2) is 46.6 Å². The van der Waals surface area contributed by atoms with Gasteiger partial charge in [0, 0.05) is 16.3 Å². The molecule has 2 heterocycles. The Morgan fingerprint density at radius 2 is 1.96 bits per heavy atom. The quantitative estimate of drug-likeness (QED) is 0.515. The van der Waals surface area contributed by atoms with Gasteiger partial charge in [0.05, 0.1) is 6.61 Å². The van der Waals surface area contributed by atoms with Crippen LogP contribution in [0.5, 0.6) is 0 Å². The molecule has 4 nitrogen and oxygen atoms in total. The highest BCUT2D eigenvalue weighted by molar-refractivity contribution is 7.17. The maximum Gasteiger partial charge on any atom is 0.266 e. The molecule has 0 fully saturated rings. The number of aromatic amines is 1. The van der Waals surface area contributed by atoms with Gasteiger partial charge in [-0.05, 0) is 58.8 Å². The average molecular weight is 368 g/mol. The van der Waals surface area contributed by atoms with Crippen molar-refractivity contribution in [3.63, 3.8) is 0 Å². The molecular formula is C20H17FN2O2S. The Bertz CT molecular complexity index is 1180. The van der Waals surface area contributed by atoms with E-state index in [1.165, 1.54) is 17.4 Å². The second kappa shape index (κ2) is 6.64. The Hall–Kier alpha value is -2.54.